The Bertz CT molecular complexity index is 1280. The van der Waals surface area contributed by atoms with Crippen molar-refractivity contribution in [2.75, 3.05) is 7.11 Å². The molecule has 0 saturated heterocycles. The number of ether oxygens (including phenoxy) is 2. The smallest absolute Gasteiger partial charge is 0.311 e. The van der Waals surface area contributed by atoms with Gasteiger partial charge in [-0.25, -0.2) is 4.39 Å². The van der Waals surface area contributed by atoms with Crippen molar-refractivity contribution in [3.8, 4) is 28.6 Å². The minimum atomic E-state index is -0.434. The van der Waals surface area contributed by atoms with Crippen LogP contribution in [0.4, 0.5) is 4.39 Å². The fourth-order valence-electron chi connectivity index (χ4n) is 3.69. The van der Waals surface area contributed by atoms with Gasteiger partial charge < -0.3 is 19.0 Å². The van der Waals surface area contributed by atoms with Crippen molar-refractivity contribution in [2.24, 2.45) is 0 Å². The first-order valence-electron chi connectivity index (χ1n) is 10.5. The van der Waals surface area contributed by atoms with E-state index < -0.39 is 5.97 Å². The van der Waals surface area contributed by atoms with Gasteiger partial charge in [-0.2, -0.15) is 0 Å². The summed E-state index contributed by atoms with van der Waals surface area (Å²) in [7, 11) is 1.45. The maximum atomic E-state index is 13.3. The van der Waals surface area contributed by atoms with Crippen molar-refractivity contribution in [1.29, 1.82) is 0 Å². The number of methoxy groups -OCH3 is 1. The molecule has 0 saturated carbocycles. The molecule has 0 unspecified atom stereocenters. The Hall–Kier alpha value is -3.32. The normalized spacial score (nSPS) is 11.0. The van der Waals surface area contributed by atoms with Gasteiger partial charge in [0.15, 0.2) is 11.5 Å². The maximum absolute atomic E-state index is 13.3. The molecular formula is C26H22BrFO5. The number of phenolic OH excluding ortho intramolecular Hbond substituents is 1. The molecule has 7 heteroatoms. The standard InChI is InChI=1S/C26H22BrFO5/c1-31-21-10-5-8-19(29)26(21)33-22(30)11-3-2-6-16-7-4-9-20-23(16)24(27)25(32-20)17-12-14-18(28)15-13-17/h4-5,7-10,12-15,29H,2-3,6,11H2,1H3. The third-order valence-corrected chi connectivity index (χ3v) is 6.08. The number of benzene rings is 3. The Balaban J connectivity index is 1.41. The number of aryl methyl sites for hydroxylation is 1. The lowest BCUT2D eigenvalue weighted by Crippen LogP contribution is -2.08. The predicted octanol–water partition coefficient (Wildman–Crippen LogP) is 7.03. The van der Waals surface area contributed by atoms with E-state index in [-0.39, 0.29) is 23.7 Å². The third-order valence-electron chi connectivity index (χ3n) is 5.32. The van der Waals surface area contributed by atoms with E-state index in [1.54, 1.807) is 24.3 Å². The molecule has 0 spiro atoms. The van der Waals surface area contributed by atoms with Gasteiger partial charge in [0.05, 0.1) is 11.6 Å². The van der Waals surface area contributed by atoms with Crippen LogP contribution in [-0.4, -0.2) is 18.2 Å². The maximum Gasteiger partial charge on any atom is 0.311 e. The lowest BCUT2D eigenvalue weighted by atomic mass is 10.0. The monoisotopic (exact) mass is 512 g/mol. The highest BCUT2D eigenvalue weighted by Crippen LogP contribution is 2.40. The van der Waals surface area contributed by atoms with E-state index in [1.807, 2.05) is 18.2 Å². The second-order valence-corrected chi connectivity index (χ2v) is 8.33. The third kappa shape index (κ3) is 5.03. The molecule has 33 heavy (non-hydrogen) atoms. The number of halogens is 2. The molecule has 0 aliphatic heterocycles. The molecule has 5 nitrogen and oxygen atoms in total. The molecule has 1 aromatic heterocycles. The largest absolute Gasteiger partial charge is 0.504 e. The second kappa shape index (κ2) is 10.1. The van der Waals surface area contributed by atoms with Crippen LogP contribution >= 0.6 is 15.9 Å². The van der Waals surface area contributed by atoms with Crippen LogP contribution in [0.5, 0.6) is 17.2 Å². The topological polar surface area (TPSA) is 68.9 Å². The van der Waals surface area contributed by atoms with Gasteiger partial charge in [0.1, 0.15) is 17.2 Å². The number of rotatable bonds is 8. The van der Waals surface area contributed by atoms with Gasteiger partial charge in [0, 0.05) is 17.4 Å². The highest BCUT2D eigenvalue weighted by Gasteiger charge is 2.17. The van der Waals surface area contributed by atoms with E-state index >= 15 is 0 Å². The quantitative estimate of drug-likeness (QED) is 0.156. The van der Waals surface area contributed by atoms with Crippen molar-refractivity contribution in [1.82, 2.24) is 0 Å². The summed E-state index contributed by atoms with van der Waals surface area (Å²) in [6, 6.07) is 16.7. The molecule has 0 radical (unpaired) electrons. The average molecular weight is 513 g/mol. The van der Waals surface area contributed by atoms with Gasteiger partial charge in [0.25, 0.3) is 0 Å². The number of carbonyl (C=O) groups is 1. The van der Waals surface area contributed by atoms with Gasteiger partial charge in [-0.05, 0) is 83.2 Å². The number of hydrogen-bond acceptors (Lipinski definition) is 5. The molecule has 0 aliphatic carbocycles. The molecule has 4 aromatic rings. The number of fused-ring (bicyclic) bond motifs is 1. The number of carbonyl (C=O) groups excluding carboxylic acids is 1. The van der Waals surface area contributed by atoms with Crippen LogP contribution in [0.15, 0.2) is 69.6 Å². The zero-order chi connectivity index (χ0) is 23.4. The van der Waals surface area contributed by atoms with E-state index in [9.17, 15) is 14.3 Å². The van der Waals surface area contributed by atoms with Crippen molar-refractivity contribution in [2.45, 2.75) is 25.7 Å². The summed E-state index contributed by atoms with van der Waals surface area (Å²) in [4.78, 5) is 12.3. The molecule has 3 aromatic carbocycles. The summed E-state index contributed by atoms with van der Waals surface area (Å²) < 4.78 is 30.6. The molecule has 0 aliphatic rings. The Labute approximate surface area is 198 Å². The minimum absolute atomic E-state index is 0.0328. The first kappa shape index (κ1) is 22.9. The van der Waals surface area contributed by atoms with Crippen LogP contribution in [0.1, 0.15) is 24.8 Å². The number of hydrogen-bond donors (Lipinski definition) is 1. The molecule has 0 fully saturated rings. The Morgan fingerprint density at radius 3 is 2.58 bits per heavy atom. The van der Waals surface area contributed by atoms with Crippen LogP contribution < -0.4 is 9.47 Å². The molecule has 0 atom stereocenters. The van der Waals surface area contributed by atoms with E-state index in [4.69, 9.17) is 13.9 Å². The van der Waals surface area contributed by atoms with Gasteiger partial charge in [0.2, 0.25) is 5.75 Å². The first-order chi connectivity index (χ1) is 16.0. The summed E-state index contributed by atoms with van der Waals surface area (Å²) >= 11 is 3.65. The lowest BCUT2D eigenvalue weighted by molar-refractivity contribution is -0.134. The number of phenols is 1. The summed E-state index contributed by atoms with van der Waals surface area (Å²) in [5.41, 5.74) is 2.62. The van der Waals surface area contributed by atoms with Gasteiger partial charge in [-0.1, -0.05) is 18.2 Å². The SMILES string of the molecule is COc1cccc(O)c1OC(=O)CCCCc1cccc2oc(-c3ccc(F)cc3)c(Br)c12. The zero-order valence-corrected chi connectivity index (χ0v) is 19.5. The fraction of sp³-hybridized carbons (Fsp3) is 0.192. The highest BCUT2D eigenvalue weighted by atomic mass is 79.9. The van der Waals surface area contributed by atoms with E-state index in [0.29, 0.717) is 17.9 Å². The van der Waals surface area contributed by atoms with Crippen LogP contribution in [0, 0.1) is 5.82 Å². The van der Waals surface area contributed by atoms with Crippen molar-refractivity contribution < 1.29 is 28.2 Å². The van der Waals surface area contributed by atoms with E-state index in [2.05, 4.69) is 15.9 Å². The molecule has 170 valence electrons. The Morgan fingerprint density at radius 2 is 1.82 bits per heavy atom. The average Bonchev–Trinajstić information content (AvgIpc) is 3.15. The predicted molar refractivity (Wildman–Crippen MR) is 127 cm³/mol. The lowest BCUT2D eigenvalue weighted by Gasteiger charge is -2.10. The zero-order valence-electron chi connectivity index (χ0n) is 17.9. The minimum Gasteiger partial charge on any atom is -0.504 e. The summed E-state index contributed by atoms with van der Waals surface area (Å²) in [6.45, 7) is 0. The molecule has 1 N–H and O–H groups in total. The molecule has 1 heterocycles. The van der Waals surface area contributed by atoms with E-state index in [1.165, 1.54) is 25.3 Å². The van der Waals surface area contributed by atoms with Crippen LogP contribution in [0.3, 0.4) is 0 Å². The number of para-hydroxylation sites is 1. The van der Waals surface area contributed by atoms with Crippen LogP contribution in [-0.2, 0) is 11.2 Å². The van der Waals surface area contributed by atoms with Crippen molar-refractivity contribution in [3.05, 3.63) is 76.5 Å². The Morgan fingerprint density at radius 1 is 1.06 bits per heavy atom. The number of esters is 1. The van der Waals surface area contributed by atoms with Gasteiger partial charge in [-0.15, -0.1) is 0 Å². The molecule has 0 bridgehead atoms. The molecule has 0 amide bonds. The number of unbranched alkanes of at least 4 members (excludes halogenated alkanes) is 1. The Kier molecular flexibility index (Phi) is 6.99. The van der Waals surface area contributed by atoms with E-state index in [0.717, 1.165) is 39.4 Å². The van der Waals surface area contributed by atoms with Crippen LogP contribution in [0.2, 0.25) is 0 Å². The van der Waals surface area contributed by atoms with Crippen LogP contribution in [0.25, 0.3) is 22.3 Å². The summed E-state index contributed by atoms with van der Waals surface area (Å²) in [6.07, 6.45) is 2.33. The molecular weight excluding hydrogens is 491 g/mol. The number of aromatic hydroxyl groups is 1. The summed E-state index contributed by atoms with van der Waals surface area (Å²) in [5, 5.41) is 10.9. The summed E-state index contributed by atoms with van der Waals surface area (Å²) in [5.74, 6) is 0.109. The first-order valence-corrected chi connectivity index (χ1v) is 11.3. The van der Waals surface area contributed by atoms with Gasteiger partial charge >= 0.3 is 5.97 Å². The highest BCUT2D eigenvalue weighted by molar-refractivity contribution is 9.10. The fourth-order valence-corrected chi connectivity index (χ4v) is 4.45. The number of furan rings is 1. The van der Waals surface area contributed by atoms with Gasteiger partial charge in [-0.3, -0.25) is 4.79 Å². The van der Waals surface area contributed by atoms with Crippen molar-refractivity contribution in [3.63, 3.8) is 0 Å². The van der Waals surface area contributed by atoms with Crippen molar-refractivity contribution >= 4 is 32.9 Å². The second-order valence-electron chi connectivity index (χ2n) is 7.53. The molecule has 4 rings (SSSR count).